The van der Waals surface area contributed by atoms with Gasteiger partial charge in [-0.05, 0) is 56.8 Å². The number of benzene rings is 2. The van der Waals surface area contributed by atoms with Crippen LogP contribution in [0.15, 0.2) is 36.4 Å². The summed E-state index contributed by atoms with van der Waals surface area (Å²) in [5, 5.41) is 16.2. The van der Waals surface area contributed by atoms with Gasteiger partial charge >= 0.3 is 6.01 Å². The Balaban J connectivity index is 1.23. The molecule has 0 amide bonds. The number of piperazine rings is 1. The summed E-state index contributed by atoms with van der Waals surface area (Å²) in [6.07, 6.45) is 4.09. The number of likely N-dealkylation sites (tertiary alicyclic amines) is 1. The van der Waals surface area contributed by atoms with Crippen LogP contribution in [0.1, 0.15) is 30.5 Å². The molecule has 2 aromatic carbocycles. The molecule has 0 bridgehead atoms. The third-order valence-electron chi connectivity index (χ3n) is 9.13. The van der Waals surface area contributed by atoms with Gasteiger partial charge in [0.2, 0.25) is 0 Å². The fourth-order valence-corrected chi connectivity index (χ4v) is 7.04. The van der Waals surface area contributed by atoms with E-state index < -0.39 is 0 Å². The third-order valence-corrected chi connectivity index (χ3v) is 9.45. The van der Waals surface area contributed by atoms with E-state index in [9.17, 15) is 5.26 Å². The predicted octanol–water partition coefficient (Wildman–Crippen LogP) is 4.01. The zero-order valence-corrected chi connectivity index (χ0v) is 23.1. The van der Waals surface area contributed by atoms with Gasteiger partial charge in [-0.25, -0.2) is 0 Å². The minimum absolute atomic E-state index is 0.0678. The summed E-state index contributed by atoms with van der Waals surface area (Å²) in [5.41, 5.74) is 3.24. The van der Waals surface area contributed by atoms with Gasteiger partial charge in [0, 0.05) is 48.9 Å². The second-order valence-corrected chi connectivity index (χ2v) is 11.9. The summed E-state index contributed by atoms with van der Waals surface area (Å²) < 4.78 is 6.30. The number of aromatic nitrogens is 2. The monoisotopic (exact) mass is 543 g/mol. The number of fused-ring (bicyclic) bond motifs is 2. The molecule has 39 heavy (non-hydrogen) atoms. The highest BCUT2D eigenvalue weighted by Gasteiger charge is 2.57. The highest BCUT2D eigenvalue weighted by molar-refractivity contribution is 6.36. The molecule has 7 rings (SSSR count). The van der Waals surface area contributed by atoms with Crippen molar-refractivity contribution in [1.82, 2.24) is 20.2 Å². The summed E-state index contributed by atoms with van der Waals surface area (Å²) in [7, 11) is 2.16. The molecule has 2 unspecified atom stereocenters. The van der Waals surface area contributed by atoms with Crippen LogP contribution in [0, 0.1) is 17.2 Å². The quantitative estimate of drug-likeness (QED) is 0.517. The maximum Gasteiger partial charge on any atom is 0.318 e. The Labute approximate surface area is 234 Å². The number of nitrogens with one attached hydrogen (secondary N) is 1. The van der Waals surface area contributed by atoms with E-state index in [1.165, 1.54) is 12.0 Å². The van der Waals surface area contributed by atoms with E-state index in [0.29, 0.717) is 25.2 Å². The average Bonchev–Trinajstić information content (AvgIpc) is 3.46. The smallest absolute Gasteiger partial charge is 0.318 e. The van der Waals surface area contributed by atoms with Crippen LogP contribution >= 0.6 is 11.6 Å². The van der Waals surface area contributed by atoms with E-state index in [-0.39, 0.29) is 11.5 Å². The number of halogens is 1. The Hall–Kier alpha value is -3.12. The zero-order valence-electron chi connectivity index (χ0n) is 22.4. The second kappa shape index (κ2) is 9.81. The Morgan fingerprint density at radius 1 is 1.15 bits per heavy atom. The van der Waals surface area contributed by atoms with Crippen LogP contribution < -0.4 is 19.9 Å². The number of hydrogen-bond acceptors (Lipinski definition) is 8. The molecule has 4 aliphatic rings. The molecule has 1 saturated carbocycles. The topological polar surface area (TPSA) is 80.5 Å². The summed E-state index contributed by atoms with van der Waals surface area (Å²) >= 11 is 6.69. The molecule has 4 heterocycles. The lowest BCUT2D eigenvalue weighted by molar-refractivity contribution is 0.187. The van der Waals surface area contributed by atoms with E-state index >= 15 is 0 Å². The Bertz CT molecular complexity index is 1450. The van der Waals surface area contributed by atoms with E-state index in [1.807, 2.05) is 12.1 Å². The fourth-order valence-electron chi connectivity index (χ4n) is 6.76. The van der Waals surface area contributed by atoms with Gasteiger partial charge in [0.25, 0.3) is 0 Å². The van der Waals surface area contributed by atoms with Crippen molar-refractivity contribution in [2.45, 2.75) is 43.8 Å². The number of anilines is 2. The average molecular weight is 544 g/mol. The van der Waals surface area contributed by atoms with Crippen LogP contribution in [-0.2, 0) is 13.0 Å². The summed E-state index contributed by atoms with van der Waals surface area (Å²) in [4.78, 5) is 17.1. The lowest BCUT2D eigenvalue weighted by Gasteiger charge is -2.38. The standard InChI is InChI=1S/C30H34ClN7O/c1-36-12-4-7-22(36)18-39-29-34-25-17-37(26-9-3-6-20-5-2-8-24(31)27(20)26)13-10-23(25)28(35-29)38-14-11-33-30(19-38)15-21(30)16-32/h2-3,5-6,8-9,21-22,33H,4,7,10-15,17-19H2,1H3/t21?,22-,30?/m0/s1. The fraction of sp³-hybridized carbons (Fsp3) is 0.500. The Kier molecular flexibility index (Phi) is 6.26. The van der Waals surface area contributed by atoms with Crippen molar-refractivity contribution in [3.05, 3.63) is 52.7 Å². The van der Waals surface area contributed by atoms with E-state index in [2.05, 4.69) is 57.4 Å². The molecule has 3 atom stereocenters. The molecule has 0 radical (unpaired) electrons. The molecule has 2 saturated heterocycles. The molecule has 1 N–H and O–H groups in total. The highest BCUT2D eigenvalue weighted by Crippen LogP contribution is 2.46. The van der Waals surface area contributed by atoms with Crippen molar-refractivity contribution in [2.75, 3.05) is 56.2 Å². The first-order chi connectivity index (χ1) is 19.0. The second-order valence-electron chi connectivity index (χ2n) is 11.5. The van der Waals surface area contributed by atoms with E-state index in [4.69, 9.17) is 26.3 Å². The van der Waals surface area contributed by atoms with Gasteiger partial charge in [-0.2, -0.15) is 15.2 Å². The minimum atomic E-state index is -0.112. The molecule has 202 valence electrons. The number of rotatable bonds is 5. The van der Waals surface area contributed by atoms with E-state index in [1.54, 1.807) is 0 Å². The molecule has 9 heteroatoms. The first-order valence-corrected chi connectivity index (χ1v) is 14.5. The maximum atomic E-state index is 9.57. The first kappa shape index (κ1) is 24.9. The number of ether oxygens (including phenoxy) is 1. The first-order valence-electron chi connectivity index (χ1n) is 14.1. The molecule has 1 aliphatic carbocycles. The third kappa shape index (κ3) is 4.47. The largest absolute Gasteiger partial charge is 0.462 e. The van der Waals surface area contributed by atoms with Crippen LogP contribution in [0.2, 0.25) is 5.02 Å². The van der Waals surface area contributed by atoms with Crippen molar-refractivity contribution >= 4 is 33.9 Å². The Morgan fingerprint density at radius 2 is 2.03 bits per heavy atom. The van der Waals surface area contributed by atoms with Gasteiger partial charge in [-0.3, -0.25) is 0 Å². The maximum absolute atomic E-state index is 9.57. The highest BCUT2D eigenvalue weighted by atomic mass is 35.5. The van der Waals surface area contributed by atoms with Crippen LogP contribution in [-0.4, -0.2) is 72.8 Å². The number of likely N-dealkylation sites (N-methyl/N-ethyl adjacent to an activating group) is 1. The summed E-state index contributed by atoms with van der Waals surface area (Å²) in [6, 6.07) is 15.8. The Morgan fingerprint density at radius 3 is 2.82 bits per heavy atom. The number of nitrogens with zero attached hydrogens (tertiary/aromatic N) is 6. The van der Waals surface area contributed by atoms with Gasteiger partial charge < -0.3 is 24.8 Å². The minimum Gasteiger partial charge on any atom is -0.462 e. The lowest BCUT2D eigenvalue weighted by Crippen LogP contribution is -2.54. The molecule has 8 nitrogen and oxygen atoms in total. The van der Waals surface area contributed by atoms with Crippen LogP contribution in [0.4, 0.5) is 11.5 Å². The zero-order chi connectivity index (χ0) is 26.6. The molecule has 3 fully saturated rings. The predicted molar refractivity (Wildman–Crippen MR) is 154 cm³/mol. The number of hydrogen-bond donors (Lipinski definition) is 1. The SMILES string of the molecule is CN1CCC[C@H]1COc1nc2c(c(N3CCNC4(CC4C#N)C3)n1)CCN(c1cccc3cccc(Cl)c13)C2. The molecule has 1 aromatic heterocycles. The van der Waals surface area contributed by atoms with E-state index in [0.717, 1.165) is 85.0 Å². The van der Waals surface area contributed by atoms with Crippen molar-refractivity contribution < 1.29 is 4.74 Å². The van der Waals surface area contributed by atoms with Gasteiger partial charge in [0.15, 0.2) is 0 Å². The van der Waals surface area contributed by atoms with Gasteiger partial charge in [0.1, 0.15) is 12.4 Å². The lowest BCUT2D eigenvalue weighted by atomic mass is 10.0. The van der Waals surface area contributed by atoms with Crippen molar-refractivity contribution in [3.63, 3.8) is 0 Å². The molecular weight excluding hydrogens is 510 g/mol. The summed E-state index contributed by atoms with van der Waals surface area (Å²) in [6.45, 7) is 5.74. The molecular formula is C30H34ClN7O. The normalized spacial score (nSPS) is 26.6. The van der Waals surface area contributed by atoms with Crippen molar-refractivity contribution in [3.8, 4) is 12.1 Å². The summed E-state index contributed by atoms with van der Waals surface area (Å²) in [5.74, 6) is 1.05. The van der Waals surface area contributed by atoms with Gasteiger partial charge in [-0.1, -0.05) is 35.9 Å². The molecule has 3 aromatic rings. The van der Waals surface area contributed by atoms with Crippen molar-refractivity contribution in [2.24, 2.45) is 5.92 Å². The number of nitriles is 1. The van der Waals surface area contributed by atoms with Gasteiger partial charge in [-0.15, -0.1) is 0 Å². The van der Waals surface area contributed by atoms with Gasteiger partial charge in [0.05, 0.1) is 34.8 Å². The molecule has 1 spiro atoms. The van der Waals surface area contributed by atoms with Crippen LogP contribution in [0.3, 0.4) is 0 Å². The van der Waals surface area contributed by atoms with Crippen LogP contribution in [0.25, 0.3) is 10.8 Å². The molecule has 3 aliphatic heterocycles. The van der Waals surface area contributed by atoms with Crippen molar-refractivity contribution in [1.29, 1.82) is 5.26 Å². The van der Waals surface area contributed by atoms with Crippen LogP contribution in [0.5, 0.6) is 6.01 Å².